The van der Waals surface area contributed by atoms with Crippen molar-refractivity contribution >= 4 is 11.8 Å². The van der Waals surface area contributed by atoms with Crippen LogP contribution in [0.2, 0.25) is 0 Å². The number of hydrogen-bond acceptors (Lipinski definition) is 5. The fraction of sp³-hybridized carbons (Fsp3) is 0.529. The first-order chi connectivity index (χ1) is 10.9. The standard InChI is InChI=1S/C17H25N3O3/c1-10(2)6-5-7-11(3)19-17(21)14-15(20-23-16(14)18)13-9-8-12(4)22-13/h8-11H,5-7,18H2,1-4H3,(H,19,21). The summed E-state index contributed by atoms with van der Waals surface area (Å²) < 4.78 is 10.5. The van der Waals surface area contributed by atoms with Gasteiger partial charge in [0.1, 0.15) is 11.3 Å². The van der Waals surface area contributed by atoms with E-state index in [4.69, 9.17) is 14.7 Å². The molecule has 3 N–H and O–H groups in total. The first-order valence-electron chi connectivity index (χ1n) is 8.01. The van der Waals surface area contributed by atoms with E-state index in [-0.39, 0.29) is 23.4 Å². The van der Waals surface area contributed by atoms with Crippen LogP contribution >= 0.6 is 0 Å². The molecule has 0 fully saturated rings. The number of carbonyl (C=O) groups is 1. The van der Waals surface area contributed by atoms with E-state index in [0.717, 1.165) is 25.0 Å². The zero-order chi connectivity index (χ0) is 17.0. The minimum atomic E-state index is -0.287. The van der Waals surface area contributed by atoms with Crippen LogP contribution in [0.15, 0.2) is 21.1 Å². The van der Waals surface area contributed by atoms with Crippen LogP contribution in [-0.4, -0.2) is 17.1 Å². The predicted molar refractivity (Wildman–Crippen MR) is 89.0 cm³/mol. The molecule has 0 saturated heterocycles. The van der Waals surface area contributed by atoms with E-state index in [1.54, 1.807) is 12.1 Å². The average molecular weight is 319 g/mol. The second kappa shape index (κ2) is 7.35. The summed E-state index contributed by atoms with van der Waals surface area (Å²) in [7, 11) is 0. The number of carbonyl (C=O) groups excluding carboxylic acids is 1. The van der Waals surface area contributed by atoms with Gasteiger partial charge >= 0.3 is 0 Å². The molecule has 6 nitrogen and oxygen atoms in total. The number of nitrogens with one attached hydrogen (secondary N) is 1. The van der Waals surface area contributed by atoms with Crippen LogP contribution in [0.4, 0.5) is 5.88 Å². The Balaban J connectivity index is 2.06. The summed E-state index contributed by atoms with van der Waals surface area (Å²) in [6.07, 6.45) is 3.14. The molecular weight excluding hydrogens is 294 g/mol. The van der Waals surface area contributed by atoms with Crippen molar-refractivity contribution < 1.29 is 13.7 Å². The number of amides is 1. The van der Waals surface area contributed by atoms with Gasteiger partial charge in [-0.05, 0) is 38.3 Å². The molecule has 23 heavy (non-hydrogen) atoms. The molecule has 2 heterocycles. The highest BCUT2D eigenvalue weighted by Gasteiger charge is 2.25. The third-order valence-corrected chi connectivity index (χ3v) is 3.72. The summed E-state index contributed by atoms with van der Waals surface area (Å²) in [5.41, 5.74) is 6.34. The molecule has 0 aliphatic heterocycles. The molecule has 0 saturated carbocycles. The summed E-state index contributed by atoms with van der Waals surface area (Å²) in [4.78, 5) is 12.5. The van der Waals surface area contributed by atoms with Gasteiger partial charge in [0.2, 0.25) is 5.88 Å². The van der Waals surface area contributed by atoms with Crippen molar-refractivity contribution in [3.05, 3.63) is 23.5 Å². The van der Waals surface area contributed by atoms with Crippen LogP contribution in [0.3, 0.4) is 0 Å². The smallest absolute Gasteiger partial charge is 0.259 e. The fourth-order valence-electron chi connectivity index (χ4n) is 2.45. The van der Waals surface area contributed by atoms with Gasteiger partial charge in [-0.3, -0.25) is 4.79 Å². The Hall–Kier alpha value is -2.24. The summed E-state index contributed by atoms with van der Waals surface area (Å²) in [6, 6.07) is 3.60. The molecule has 6 heteroatoms. The second-order valence-corrected chi connectivity index (χ2v) is 6.38. The highest BCUT2D eigenvalue weighted by molar-refractivity contribution is 6.03. The summed E-state index contributed by atoms with van der Waals surface area (Å²) in [6.45, 7) is 8.19. The summed E-state index contributed by atoms with van der Waals surface area (Å²) in [5, 5.41) is 6.81. The SMILES string of the molecule is Cc1ccc(-c2noc(N)c2C(=O)NC(C)CCCC(C)C)o1. The molecule has 0 aliphatic rings. The maximum Gasteiger partial charge on any atom is 0.259 e. The van der Waals surface area contributed by atoms with Gasteiger partial charge in [0.05, 0.1) is 0 Å². The monoisotopic (exact) mass is 319 g/mol. The van der Waals surface area contributed by atoms with E-state index in [1.165, 1.54) is 0 Å². The first kappa shape index (κ1) is 17.1. The van der Waals surface area contributed by atoms with E-state index >= 15 is 0 Å². The lowest BCUT2D eigenvalue weighted by atomic mass is 10.0. The minimum Gasteiger partial charge on any atom is -0.460 e. The maximum atomic E-state index is 12.5. The molecule has 0 spiro atoms. The topological polar surface area (TPSA) is 94.3 Å². The largest absolute Gasteiger partial charge is 0.460 e. The van der Waals surface area contributed by atoms with E-state index in [0.29, 0.717) is 17.4 Å². The summed E-state index contributed by atoms with van der Waals surface area (Å²) in [5.74, 6) is 1.58. The van der Waals surface area contributed by atoms with E-state index in [2.05, 4.69) is 24.3 Å². The Morgan fingerprint density at radius 3 is 2.65 bits per heavy atom. The molecule has 0 radical (unpaired) electrons. The van der Waals surface area contributed by atoms with Crippen LogP contribution in [-0.2, 0) is 0 Å². The van der Waals surface area contributed by atoms with E-state index in [1.807, 2.05) is 13.8 Å². The Labute approximate surface area is 136 Å². The van der Waals surface area contributed by atoms with Crippen LogP contribution < -0.4 is 11.1 Å². The number of rotatable bonds is 7. The van der Waals surface area contributed by atoms with Crippen molar-refractivity contribution in [2.24, 2.45) is 5.92 Å². The molecule has 0 aliphatic carbocycles. The third kappa shape index (κ3) is 4.37. The van der Waals surface area contributed by atoms with Gasteiger partial charge < -0.3 is 20.0 Å². The predicted octanol–water partition coefficient (Wildman–Crippen LogP) is 3.77. The zero-order valence-corrected chi connectivity index (χ0v) is 14.2. The number of aromatic nitrogens is 1. The number of aryl methyl sites for hydroxylation is 1. The van der Waals surface area contributed by atoms with Crippen molar-refractivity contribution in [1.29, 1.82) is 0 Å². The van der Waals surface area contributed by atoms with Crippen molar-refractivity contribution in [2.45, 2.75) is 53.0 Å². The Morgan fingerprint density at radius 2 is 2.04 bits per heavy atom. The van der Waals surface area contributed by atoms with Gasteiger partial charge in [0, 0.05) is 6.04 Å². The average Bonchev–Trinajstić information content (AvgIpc) is 3.04. The number of anilines is 1. The summed E-state index contributed by atoms with van der Waals surface area (Å²) >= 11 is 0. The molecular formula is C17H25N3O3. The van der Waals surface area contributed by atoms with E-state index < -0.39 is 0 Å². The molecule has 2 aromatic heterocycles. The van der Waals surface area contributed by atoms with Crippen molar-refractivity contribution in [1.82, 2.24) is 10.5 Å². The van der Waals surface area contributed by atoms with E-state index in [9.17, 15) is 4.79 Å². The van der Waals surface area contributed by atoms with Gasteiger partial charge in [-0.2, -0.15) is 0 Å². The van der Waals surface area contributed by atoms with Gasteiger partial charge in [-0.15, -0.1) is 0 Å². The van der Waals surface area contributed by atoms with Crippen LogP contribution in [0, 0.1) is 12.8 Å². The highest BCUT2D eigenvalue weighted by Crippen LogP contribution is 2.28. The lowest BCUT2D eigenvalue weighted by Crippen LogP contribution is -2.33. The molecule has 126 valence electrons. The van der Waals surface area contributed by atoms with Crippen LogP contribution in [0.25, 0.3) is 11.5 Å². The Kier molecular flexibility index (Phi) is 5.47. The van der Waals surface area contributed by atoms with Gasteiger partial charge in [-0.25, -0.2) is 0 Å². The molecule has 2 rings (SSSR count). The minimum absolute atomic E-state index is 0.000864. The number of hydrogen-bond donors (Lipinski definition) is 2. The molecule has 2 aromatic rings. The first-order valence-corrected chi connectivity index (χ1v) is 8.01. The quantitative estimate of drug-likeness (QED) is 0.810. The number of furan rings is 1. The van der Waals surface area contributed by atoms with Gasteiger partial charge in [-0.1, -0.05) is 31.8 Å². The highest BCUT2D eigenvalue weighted by atomic mass is 16.5. The number of nitrogens with two attached hydrogens (primary N) is 1. The van der Waals surface area contributed by atoms with Crippen LogP contribution in [0.5, 0.6) is 0 Å². The van der Waals surface area contributed by atoms with Crippen molar-refractivity contribution in [2.75, 3.05) is 5.73 Å². The zero-order valence-electron chi connectivity index (χ0n) is 14.2. The Bertz CT molecular complexity index is 658. The second-order valence-electron chi connectivity index (χ2n) is 6.38. The molecule has 1 unspecified atom stereocenters. The molecule has 0 bridgehead atoms. The van der Waals surface area contributed by atoms with Crippen molar-refractivity contribution in [3.8, 4) is 11.5 Å². The lowest BCUT2D eigenvalue weighted by molar-refractivity contribution is 0.0938. The fourth-order valence-corrected chi connectivity index (χ4v) is 2.45. The number of nitrogen functional groups attached to an aromatic ring is 1. The van der Waals surface area contributed by atoms with Gasteiger partial charge in [0.25, 0.3) is 5.91 Å². The molecule has 1 atom stereocenters. The lowest BCUT2D eigenvalue weighted by Gasteiger charge is -2.14. The molecule has 1 amide bonds. The van der Waals surface area contributed by atoms with Crippen LogP contribution in [0.1, 0.15) is 56.2 Å². The third-order valence-electron chi connectivity index (χ3n) is 3.72. The number of nitrogens with zero attached hydrogens (tertiary/aromatic N) is 1. The molecule has 0 aromatic carbocycles. The van der Waals surface area contributed by atoms with Gasteiger partial charge in [0.15, 0.2) is 11.5 Å². The normalized spacial score (nSPS) is 12.6. The Morgan fingerprint density at radius 1 is 1.30 bits per heavy atom. The van der Waals surface area contributed by atoms with Crippen molar-refractivity contribution in [3.63, 3.8) is 0 Å². The maximum absolute atomic E-state index is 12.5.